The highest BCUT2D eigenvalue weighted by Crippen LogP contribution is 2.40. The van der Waals surface area contributed by atoms with Crippen LogP contribution in [0.15, 0.2) is 47.5 Å². The number of amides is 4. The molecule has 0 saturated carbocycles. The minimum absolute atomic E-state index is 0.0735. The number of aryl methyl sites for hydroxylation is 2. The van der Waals surface area contributed by atoms with Gasteiger partial charge in [0.1, 0.15) is 28.7 Å². The Morgan fingerprint density at radius 2 is 1.62 bits per heavy atom. The van der Waals surface area contributed by atoms with Gasteiger partial charge in [0.05, 0.1) is 32.1 Å². The summed E-state index contributed by atoms with van der Waals surface area (Å²) in [7, 11) is 0. The summed E-state index contributed by atoms with van der Waals surface area (Å²) < 4.78 is 19.1. The zero-order valence-corrected chi connectivity index (χ0v) is 36.2. The maximum Gasteiger partial charge on any atom is 0.255 e. The van der Waals surface area contributed by atoms with Gasteiger partial charge in [0, 0.05) is 83.3 Å². The van der Waals surface area contributed by atoms with Gasteiger partial charge in [-0.1, -0.05) is 29.8 Å². The second-order valence-electron chi connectivity index (χ2n) is 15.3. The van der Waals surface area contributed by atoms with Crippen LogP contribution in [0.2, 0.25) is 5.02 Å². The summed E-state index contributed by atoms with van der Waals surface area (Å²) in [6, 6.07) is 11.6. The lowest BCUT2D eigenvalue weighted by Crippen LogP contribution is -2.52. The molecule has 0 bridgehead atoms. The molecular formula is C44H50ClN7O8S. The maximum absolute atomic E-state index is 13.3. The second kappa shape index (κ2) is 20.2. The van der Waals surface area contributed by atoms with Crippen molar-refractivity contribution in [3.63, 3.8) is 0 Å². The molecule has 4 amide bonds. The average molecular weight is 872 g/mol. The van der Waals surface area contributed by atoms with Gasteiger partial charge < -0.3 is 24.4 Å². The molecule has 2 N–H and O–H groups in total. The smallest absolute Gasteiger partial charge is 0.255 e. The minimum atomic E-state index is -0.717. The lowest BCUT2D eigenvalue weighted by molar-refractivity contribution is -0.137. The first kappa shape index (κ1) is 43.9. The molecular weight excluding hydrogens is 822 g/mol. The molecule has 0 spiro atoms. The van der Waals surface area contributed by atoms with E-state index in [0.717, 1.165) is 33.2 Å². The molecule has 3 aliphatic rings. The van der Waals surface area contributed by atoms with Crippen LogP contribution in [-0.2, 0) is 39.9 Å². The molecule has 3 aliphatic heterocycles. The minimum Gasteiger partial charge on any atom is -0.379 e. The fraction of sp³-hybridized carbons (Fsp3) is 0.455. The number of thiophene rings is 1. The Morgan fingerprint density at radius 3 is 2.36 bits per heavy atom. The zero-order chi connectivity index (χ0) is 43.0. The summed E-state index contributed by atoms with van der Waals surface area (Å²) in [5.74, 6) is 0.211. The van der Waals surface area contributed by atoms with Gasteiger partial charge in [-0.3, -0.25) is 38.8 Å². The summed E-state index contributed by atoms with van der Waals surface area (Å²) in [5.41, 5.74) is 5.58. The van der Waals surface area contributed by atoms with Gasteiger partial charge in [0.15, 0.2) is 5.82 Å². The molecule has 1 fully saturated rings. The SMILES string of the molecule is Cc1sc2c(c1C)C(c1ccc(Cl)cc1)=N[C@@H](CC(=O)CCCOCCOCCOCCCCC(=O)Nc1cccc3c1CN(C1CCC(=O)NC1=O)C3=O)c1nnc(C)n1-2. The summed E-state index contributed by atoms with van der Waals surface area (Å²) >= 11 is 7.90. The average Bonchev–Trinajstić information content (AvgIpc) is 3.85. The number of carbonyl (C=O) groups excluding carboxylic acids is 5. The fourth-order valence-corrected chi connectivity index (χ4v) is 9.11. The largest absolute Gasteiger partial charge is 0.379 e. The van der Waals surface area contributed by atoms with Crippen LogP contribution in [0.1, 0.15) is 107 Å². The number of anilines is 1. The van der Waals surface area contributed by atoms with Crippen molar-refractivity contribution in [1.29, 1.82) is 0 Å². The number of carbonyl (C=O) groups is 5. The van der Waals surface area contributed by atoms with Crippen molar-refractivity contribution in [3.8, 4) is 5.00 Å². The molecule has 322 valence electrons. The summed E-state index contributed by atoms with van der Waals surface area (Å²) in [5, 5.41) is 15.7. The van der Waals surface area contributed by atoms with E-state index in [1.807, 2.05) is 35.8 Å². The van der Waals surface area contributed by atoms with E-state index in [0.29, 0.717) is 93.0 Å². The van der Waals surface area contributed by atoms with Crippen molar-refractivity contribution in [2.45, 2.75) is 90.8 Å². The Labute approximate surface area is 363 Å². The first-order valence-corrected chi connectivity index (χ1v) is 21.9. The number of hydrogen-bond donors (Lipinski definition) is 2. The number of rotatable bonds is 20. The number of nitrogens with zero attached hydrogens (tertiary/aromatic N) is 5. The molecule has 0 radical (unpaired) electrons. The van der Waals surface area contributed by atoms with Crippen molar-refractivity contribution < 1.29 is 38.2 Å². The third-order valence-electron chi connectivity index (χ3n) is 11.1. The highest BCUT2D eigenvalue weighted by atomic mass is 35.5. The van der Waals surface area contributed by atoms with E-state index in [1.54, 1.807) is 29.5 Å². The Morgan fingerprint density at radius 1 is 0.902 bits per heavy atom. The van der Waals surface area contributed by atoms with E-state index in [1.165, 1.54) is 9.78 Å². The Balaban J connectivity index is 0.752. The van der Waals surface area contributed by atoms with Crippen LogP contribution in [0, 0.1) is 20.8 Å². The van der Waals surface area contributed by atoms with Crippen LogP contribution >= 0.6 is 22.9 Å². The molecule has 1 unspecified atom stereocenters. The number of imide groups is 1. The number of unbranched alkanes of at least 4 members (excludes halogenated alkanes) is 1. The van der Waals surface area contributed by atoms with E-state index >= 15 is 0 Å². The molecule has 17 heteroatoms. The lowest BCUT2D eigenvalue weighted by atomic mass is 9.99. The van der Waals surface area contributed by atoms with Crippen molar-refractivity contribution >= 4 is 63.7 Å². The monoisotopic (exact) mass is 871 g/mol. The fourth-order valence-electron chi connectivity index (χ4n) is 7.77. The number of ether oxygens (including phenoxy) is 3. The molecule has 2 atom stereocenters. The third kappa shape index (κ3) is 10.3. The van der Waals surface area contributed by atoms with Crippen LogP contribution in [-0.4, -0.2) is 100 Å². The van der Waals surface area contributed by atoms with E-state index in [4.69, 9.17) is 30.8 Å². The number of hydrogen-bond acceptors (Lipinski definition) is 12. The Hall–Kier alpha value is -5.13. The lowest BCUT2D eigenvalue weighted by Gasteiger charge is -2.29. The van der Waals surface area contributed by atoms with Crippen LogP contribution in [0.3, 0.4) is 0 Å². The number of aromatic nitrogens is 3. The van der Waals surface area contributed by atoms with Gasteiger partial charge in [0.25, 0.3) is 5.91 Å². The maximum atomic E-state index is 13.3. The number of benzene rings is 2. The topological polar surface area (TPSA) is 183 Å². The van der Waals surface area contributed by atoms with Crippen LogP contribution in [0.25, 0.3) is 5.00 Å². The molecule has 0 aliphatic carbocycles. The third-order valence-corrected chi connectivity index (χ3v) is 12.5. The Bertz CT molecular complexity index is 2320. The van der Waals surface area contributed by atoms with Crippen LogP contribution < -0.4 is 10.6 Å². The highest BCUT2D eigenvalue weighted by Gasteiger charge is 2.40. The molecule has 2 aromatic heterocycles. The van der Waals surface area contributed by atoms with Crippen LogP contribution in [0.5, 0.6) is 0 Å². The number of ketones is 1. The molecule has 1 saturated heterocycles. The molecule has 5 heterocycles. The number of piperidine rings is 1. The molecule has 7 rings (SSSR count). The van der Waals surface area contributed by atoms with Crippen molar-refractivity contribution in [2.75, 3.05) is 45.0 Å². The van der Waals surface area contributed by atoms with E-state index in [2.05, 4.69) is 34.7 Å². The highest BCUT2D eigenvalue weighted by molar-refractivity contribution is 7.15. The second-order valence-corrected chi connectivity index (χ2v) is 17.0. The van der Waals surface area contributed by atoms with Gasteiger partial charge in [0.2, 0.25) is 17.7 Å². The van der Waals surface area contributed by atoms with Gasteiger partial charge >= 0.3 is 0 Å². The quantitative estimate of drug-likeness (QED) is 0.0771. The number of nitrogens with one attached hydrogen (secondary N) is 2. The van der Waals surface area contributed by atoms with Crippen molar-refractivity contribution in [3.05, 3.63) is 91.8 Å². The summed E-state index contributed by atoms with van der Waals surface area (Å²) in [6.45, 7) is 8.85. The first-order chi connectivity index (χ1) is 29.5. The predicted octanol–water partition coefficient (Wildman–Crippen LogP) is 6.16. The van der Waals surface area contributed by atoms with Crippen molar-refractivity contribution in [2.24, 2.45) is 4.99 Å². The normalized spacial score (nSPS) is 17.1. The standard InChI is InChI=1S/C44H50ClN7O8S/c1-26-27(2)61-44-39(26)40(29-12-14-30(45)15-13-29)47-35(41-50-49-28(3)52(41)44)24-31(53)8-7-19-59-21-23-60-22-20-58-18-5-4-11-37(54)46-34-10-6-9-32-33(34)25-51(43(32)57)36-16-17-38(55)48-42(36)56/h6,9-10,12-15,35-36H,4-5,7-8,11,16-25H2,1-3H3,(H,46,54)(H,48,55,56)/t35-,36?/m0/s1. The van der Waals surface area contributed by atoms with Crippen molar-refractivity contribution in [1.82, 2.24) is 25.0 Å². The molecule has 61 heavy (non-hydrogen) atoms. The van der Waals surface area contributed by atoms with E-state index in [9.17, 15) is 24.0 Å². The Kier molecular flexibility index (Phi) is 14.5. The number of halogens is 1. The first-order valence-electron chi connectivity index (χ1n) is 20.7. The van der Waals surface area contributed by atoms with Gasteiger partial charge in [-0.2, -0.15) is 0 Å². The molecule has 15 nitrogen and oxygen atoms in total. The number of aliphatic imine (C=N–C) groups is 1. The van der Waals surface area contributed by atoms with Crippen LogP contribution in [0.4, 0.5) is 5.69 Å². The molecule has 2 aromatic carbocycles. The van der Waals surface area contributed by atoms with Gasteiger partial charge in [-0.05, 0) is 76.3 Å². The number of Topliss-reactive ketones (excluding diaryl/α,β-unsaturated/α-hetero) is 1. The van der Waals surface area contributed by atoms with E-state index in [-0.39, 0.29) is 55.7 Å². The van der Waals surface area contributed by atoms with Gasteiger partial charge in [-0.25, -0.2) is 0 Å². The van der Waals surface area contributed by atoms with Gasteiger partial charge in [-0.15, -0.1) is 21.5 Å². The summed E-state index contributed by atoms with van der Waals surface area (Å²) in [6.07, 6.45) is 3.18. The molecule has 4 aromatic rings. The number of fused-ring (bicyclic) bond motifs is 4. The van der Waals surface area contributed by atoms with E-state index < -0.39 is 18.0 Å². The summed E-state index contributed by atoms with van der Waals surface area (Å²) in [4.78, 5) is 70.9. The predicted molar refractivity (Wildman–Crippen MR) is 230 cm³/mol. The zero-order valence-electron chi connectivity index (χ0n) is 34.6.